The Hall–Kier alpha value is -1.07. The van der Waals surface area contributed by atoms with Gasteiger partial charge in [-0.15, -0.1) is 0 Å². The molecule has 0 saturated heterocycles. The third-order valence-corrected chi connectivity index (χ3v) is 1.81. The summed E-state index contributed by atoms with van der Waals surface area (Å²) in [6, 6.07) is 3.21. The minimum atomic E-state index is -1.47. The van der Waals surface area contributed by atoms with E-state index in [4.69, 9.17) is 14.8 Å². The third kappa shape index (κ3) is 3.36. The molecular weight excluding hydrogens is 181 g/mol. The second-order valence-electron chi connectivity index (χ2n) is 3.01. The van der Waals surface area contributed by atoms with E-state index in [9.17, 15) is 0 Å². The van der Waals surface area contributed by atoms with Gasteiger partial charge in [-0.05, 0) is 12.5 Å². The Bertz CT molecular complexity index is 263. The molecule has 0 radical (unpaired) electrons. The molecule has 0 aromatic carbocycles. The maximum absolute atomic E-state index is 8.80. The number of hydrogen-bond donors (Lipinski definition) is 2. The standard InChI is InChI=1S/C9H14BNO3/c1-2-3-6-14-9-5-4-8(7-11-9)10(12)13/h4-5,7,12-13H,2-3,6H2,1H3. The molecular formula is C9H14BNO3. The molecule has 0 amide bonds. The SMILES string of the molecule is CCCCOc1ccc(B(O)O)cn1. The monoisotopic (exact) mass is 195 g/mol. The van der Waals surface area contributed by atoms with Crippen molar-refractivity contribution in [1.29, 1.82) is 0 Å². The molecule has 4 nitrogen and oxygen atoms in total. The van der Waals surface area contributed by atoms with Crippen molar-refractivity contribution in [3.8, 4) is 5.88 Å². The van der Waals surface area contributed by atoms with Crippen LogP contribution in [0.15, 0.2) is 18.3 Å². The lowest BCUT2D eigenvalue weighted by Crippen LogP contribution is -2.29. The number of aromatic nitrogens is 1. The minimum absolute atomic E-state index is 0.368. The van der Waals surface area contributed by atoms with Crippen molar-refractivity contribution in [2.45, 2.75) is 19.8 Å². The minimum Gasteiger partial charge on any atom is -0.478 e. The summed E-state index contributed by atoms with van der Waals surface area (Å²) in [5.74, 6) is 0.517. The van der Waals surface area contributed by atoms with Crippen LogP contribution in [-0.2, 0) is 0 Å². The zero-order valence-electron chi connectivity index (χ0n) is 8.18. The van der Waals surface area contributed by atoms with Crippen molar-refractivity contribution in [2.75, 3.05) is 6.61 Å². The molecule has 1 aromatic rings. The lowest BCUT2D eigenvalue weighted by molar-refractivity contribution is 0.298. The zero-order valence-corrected chi connectivity index (χ0v) is 8.18. The first-order valence-electron chi connectivity index (χ1n) is 4.69. The molecule has 0 aliphatic heterocycles. The van der Waals surface area contributed by atoms with Gasteiger partial charge < -0.3 is 14.8 Å². The van der Waals surface area contributed by atoms with Crippen molar-refractivity contribution in [3.05, 3.63) is 18.3 Å². The number of ether oxygens (including phenoxy) is 1. The van der Waals surface area contributed by atoms with E-state index < -0.39 is 7.12 Å². The van der Waals surface area contributed by atoms with Gasteiger partial charge in [-0.25, -0.2) is 4.98 Å². The number of unbranched alkanes of at least 4 members (excludes halogenated alkanes) is 1. The van der Waals surface area contributed by atoms with Gasteiger partial charge in [-0.3, -0.25) is 0 Å². The number of rotatable bonds is 5. The largest absolute Gasteiger partial charge is 0.490 e. The Labute approximate surface area is 83.7 Å². The molecule has 76 valence electrons. The predicted molar refractivity (Wildman–Crippen MR) is 54.5 cm³/mol. The van der Waals surface area contributed by atoms with E-state index in [1.54, 1.807) is 12.1 Å². The van der Waals surface area contributed by atoms with E-state index >= 15 is 0 Å². The maximum atomic E-state index is 8.80. The van der Waals surface area contributed by atoms with Crippen LogP contribution in [-0.4, -0.2) is 28.8 Å². The van der Waals surface area contributed by atoms with Gasteiger partial charge >= 0.3 is 7.12 Å². The molecule has 2 N–H and O–H groups in total. The highest BCUT2D eigenvalue weighted by Gasteiger charge is 2.10. The molecule has 1 rings (SSSR count). The van der Waals surface area contributed by atoms with E-state index in [1.807, 2.05) is 0 Å². The van der Waals surface area contributed by atoms with Gasteiger partial charge in [0, 0.05) is 11.7 Å². The van der Waals surface area contributed by atoms with Crippen LogP contribution in [0.2, 0.25) is 0 Å². The average Bonchev–Trinajstić information content (AvgIpc) is 2.19. The van der Waals surface area contributed by atoms with Gasteiger partial charge in [0.25, 0.3) is 0 Å². The molecule has 0 aliphatic rings. The first-order chi connectivity index (χ1) is 6.74. The van der Waals surface area contributed by atoms with Crippen molar-refractivity contribution < 1.29 is 14.8 Å². The van der Waals surface area contributed by atoms with Gasteiger partial charge in [0.1, 0.15) is 0 Å². The molecule has 0 aliphatic carbocycles. The fourth-order valence-corrected chi connectivity index (χ4v) is 0.951. The topological polar surface area (TPSA) is 62.6 Å². The molecule has 0 saturated carbocycles. The Kier molecular flexibility index (Phi) is 4.42. The molecule has 0 fully saturated rings. The van der Waals surface area contributed by atoms with Crippen molar-refractivity contribution in [2.24, 2.45) is 0 Å². The van der Waals surface area contributed by atoms with Crippen molar-refractivity contribution in [3.63, 3.8) is 0 Å². The predicted octanol–water partition coefficient (Wildman–Crippen LogP) is -0.0597. The highest BCUT2D eigenvalue weighted by Crippen LogP contribution is 2.03. The van der Waals surface area contributed by atoms with Crippen LogP contribution in [0.5, 0.6) is 5.88 Å². The Morgan fingerprint density at radius 1 is 1.43 bits per heavy atom. The number of pyridine rings is 1. The molecule has 0 bridgehead atoms. The lowest BCUT2D eigenvalue weighted by Gasteiger charge is -2.04. The smallest absolute Gasteiger partial charge is 0.478 e. The van der Waals surface area contributed by atoms with Crippen molar-refractivity contribution in [1.82, 2.24) is 4.98 Å². The van der Waals surface area contributed by atoms with E-state index in [1.165, 1.54) is 6.20 Å². The second kappa shape index (κ2) is 5.62. The van der Waals surface area contributed by atoms with Crippen LogP contribution in [0, 0.1) is 0 Å². The molecule has 14 heavy (non-hydrogen) atoms. The fourth-order valence-electron chi connectivity index (χ4n) is 0.951. The third-order valence-electron chi connectivity index (χ3n) is 1.81. The van der Waals surface area contributed by atoms with E-state index in [-0.39, 0.29) is 0 Å². The summed E-state index contributed by atoms with van der Waals surface area (Å²) in [7, 11) is -1.47. The van der Waals surface area contributed by atoms with Crippen LogP contribution in [0.25, 0.3) is 0 Å². The van der Waals surface area contributed by atoms with Crippen molar-refractivity contribution >= 4 is 12.6 Å². The molecule has 1 heterocycles. The normalized spacial score (nSPS) is 9.93. The maximum Gasteiger partial charge on any atom is 0.490 e. The van der Waals surface area contributed by atoms with Gasteiger partial charge in [0.15, 0.2) is 0 Å². The summed E-state index contributed by atoms with van der Waals surface area (Å²) >= 11 is 0. The first-order valence-corrected chi connectivity index (χ1v) is 4.69. The average molecular weight is 195 g/mol. The van der Waals surface area contributed by atoms with Crippen LogP contribution >= 0.6 is 0 Å². The molecule has 0 atom stereocenters. The van der Waals surface area contributed by atoms with Gasteiger partial charge in [0.05, 0.1) is 6.61 Å². The lowest BCUT2D eigenvalue weighted by atomic mass is 9.82. The molecule has 0 unspecified atom stereocenters. The molecule has 0 spiro atoms. The summed E-state index contributed by atoms with van der Waals surface area (Å²) in [6.07, 6.45) is 3.46. The van der Waals surface area contributed by atoms with Crippen LogP contribution in [0.4, 0.5) is 0 Å². The van der Waals surface area contributed by atoms with Gasteiger partial charge in [0.2, 0.25) is 5.88 Å². The highest BCUT2D eigenvalue weighted by atomic mass is 16.5. The Balaban J connectivity index is 2.47. The fraction of sp³-hybridized carbons (Fsp3) is 0.444. The molecule has 5 heteroatoms. The van der Waals surface area contributed by atoms with Crippen LogP contribution in [0.3, 0.4) is 0 Å². The van der Waals surface area contributed by atoms with E-state index in [0.717, 1.165) is 12.8 Å². The number of nitrogens with zero attached hydrogens (tertiary/aromatic N) is 1. The van der Waals surface area contributed by atoms with Crippen LogP contribution < -0.4 is 10.2 Å². The summed E-state index contributed by atoms with van der Waals surface area (Å²) in [6.45, 7) is 2.73. The van der Waals surface area contributed by atoms with Crippen LogP contribution in [0.1, 0.15) is 19.8 Å². The first kappa shape index (κ1) is 11.0. The molecule has 1 aromatic heterocycles. The Morgan fingerprint density at radius 3 is 2.71 bits per heavy atom. The number of hydrogen-bond acceptors (Lipinski definition) is 4. The summed E-state index contributed by atoms with van der Waals surface area (Å²) in [5, 5.41) is 17.6. The summed E-state index contributed by atoms with van der Waals surface area (Å²) in [5.41, 5.74) is 0.368. The zero-order chi connectivity index (χ0) is 10.4. The summed E-state index contributed by atoms with van der Waals surface area (Å²) in [4.78, 5) is 3.93. The second-order valence-corrected chi connectivity index (χ2v) is 3.01. The van der Waals surface area contributed by atoms with E-state index in [0.29, 0.717) is 17.9 Å². The quantitative estimate of drug-likeness (QED) is 0.510. The highest BCUT2D eigenvalue weighted by molar-refractivity contribution is 6.58. The Morgan fingerprint density at radius 2 is 2.21 bits per heavy atom. The van der Waals surface area contributed by atoms with E-state index in [2.05, 4.69) is 11.9 Å². The summed E-state index contributed by atoms with van der Waals surface area (Å²) < 4.78 is 5.31. The van der Waals surface area contributed by atoms with Gasteiger partial charge in [-0.1, -0.05) is 19.4 Å². The van der Waals surface area contributed by atoms with Gasteiger partial charge in [-0.2, -0.15) is 0 Å².